The van der Waals surface area contributed by atoms with Gasteiger partial charge in [-0.1, -0.05) is 133 Å². The van der Waals surface area contributed by atoms with Crippen molar-refractivity contribution in [1.29, 1.82) is 0 Å². The number of benzene rings is 8. The molecule has 1 aliphatic heterocycles. The van der Waals surface area contributed by atoms with Crippen molar-refractivity contribution >= 4 is 65.9 Å². The van der Waals surface area contributed by atoms with Gasteiger partial charge in [0.05, 0.1) is 0 Å². The van der Waals surface area contributed by atoms with Gasteiger partial charge in [-0.05, 0) is 73.8 Å². The Morgan fingerprint density at radius 3 is 2.04 bits per heavy atom. The van der Waals surface area contributed by atoms with E-state index in [2.05, 4.69) is 145 Å². The van der Waals surface area contributed by atoms with E-state index in [-0.39, 0.29) is 6.17 Å². The molecule has 0 spiro atoms. The summed E-state index contributed by atoms with van der Waals surface area (Å²) < 4.78 is 6.54. The average molecular weight is 628 g/mol. The van der Waals surface area contributed by atoms with E-state index in [9.17, 15) is 0 Å². The summed E-state index contributed by atoms with van der Waals surface area (Å²) in [5.41, 5.74) is 7.01. The number of nitrogens with zero attached hydrogens (tertiary/aromatic N) is 2. The van der Waals surface area contributed by atoms with Crippen LogP contribution in [0.1, 0.15) is 22.9 Å². The molecule has 0 radical (unpaired) electrons. The van der Waals surface area contributed by atoms with E-state index in [1.165, 1.54) is 32.3 Å². The summed E-state index contributed by atoms with van der Waals surface area (Å²) in [6.45, 7) is 0. The molecule has 230 valence electrons. The highest BCUT2D eigenvalue weighted by molar-refractivity contribution is 6.16. The number of furan rings is 1. The predicted octanol–water partition coefficient (Wildman–Crippen LogP) is 11.2. The topological polar surface area (TPSA) is 49.9 Å². The van der Waals surface area contributed by atoms with Crippen molar-refractivity contribution in [3.8, 4) is 11.1 Å². The fourth-order valence-corrected chi connectivity index (χ4v) is 7.25. The Balaban J connectivity index is 1.10. The molecule has 2 heterocycles. The minimum absolute atomic E-state index is 0.379. The number of fused-ring (bicyclic) bond motifs is 7. The Hall–Kier alpha value is -6.52. The zero-order valence-corrected chi connectivity index (χ0v) is 26.5. The van der Waals surface area contributed by atoms with Crippen molar-refractivity contribution in [2.45, 2.75) is 6.17 Å². The molecule has 4 nitrogen and oxygen atoms in total. The van der Waals surface area contributed by atoms with Crippen LogP contribution in [0.5, 0.6) is 0 Å². The van der Waals surface area contributed by atoms with E-state index in [0.29, 0.717) is 5.84 Å². The van der Waals surface area contributed by atoms with Crippen molar-refractivity contribution in [2.24, 2.45) is 9.98 Å². The lowest BCUT2D eigenvalue weighted by Gasteiger charge is -2.24. The number of rotatable bonds is 4. The standard InChI is InChI=1S/C45H29N3O/c1-2-11-31(12-3-1)43-46-44(35-22-20-30-19-18-29-10-6-7-14-36(29)39(30)26-35)48-45(47-43)38-15-8-16-40-42(38)37-24-23-34(27-41(37)49-40)33-21-17-28-9-4-5-13-32(28)25-33/h1-27,45H,(H,46,47,48). The quantitative estimate of drug-likeness (QED) is 0.197. The largest absolute Gasteiger partial charge is 0.456 e. The minimum Gasteiger partial charge on any atom is -0.456 e. The third-order valence-corrected chi connectivity index (χ3v) is 9.70. The van der Waals surface area contributed by atoms with Crippen molar-refractivity contribution in [3.63, 3.8) is 0 Å². The molecule has 0 saturated carbocycles. The second-order valence-corrected chi connectivity index (χ2v) is 12.6. The molecular formula is C45H29N3O. The van der Waals surface area contributed by atoms with Crippen LogP contribution >= 0.6 is 0 Å². The Kier molecular flexibility index (Phi) is 6.21. The van der Waals surface area contributed by atoms with Gasteiger partial charge in [-0.3, -0.25) is 0 Å². The SMILES string of the molecule is c1ccc(C2=NC(c3cccc4oc5cc(-c6ccc7ccccc7c6)ccc5c34)NC(c3ccc4ccc5ccccc5c4c3)=N2)cc1. The van der Waals surface area contributed by atoms with Crippen LogP contribution in [-0.2, 0) is 0 Å². The fourth-order valence-electron chi connectivity index (χ4n) is 7.25. The second-order valence-electron chi connectivity index (χ2n) is 12.6. The maximum absolute atomic E-state index is 6.54. The summed E-state index contributed by atoms with van der Waals surface area (Å²) in [5.74, 6) is 1.48. The lowest BCUT2D eigenvalue weighted by atomic mass is 9.98. The normalized spacial score (nSPS) is 14.7. The molecule has 9 aromatic rings. The van der Waals surface area contributed by atoms with Gasteiger partial charge in [0.25, 0.3) is 0 Å². The van der Waals surface area contributed by atoms with E-state index >= 15 is 0 Å². The molecular weight excluding hydrogens is 599 g/mol. The molecule has 4 heteroatoms. The number of amidine groups is 2. The molecule has 10 rings (SSSR count). The van der Waals surface area contributed by atoms with Gasteiger partial charge < -0.3 is 9.73 Å². The van der Waals surface area contributed by atoms with E-state index in [1.54, 1.807) is 0 Å². The third-order valence-electron chi connectivity index (χ3n) is 9.70. The van der Waals surface area contributed by atoms with Gasteiger partial charge in [-0.25, -0.2) is 9.98 Å². The van der Waals surface area contributed by atoms with Crippen LogP contribution < -0.4 is 5.32 Å². The van der Waals surface area contributed by atoms with Crippen LogP contribution in [0.3, 0.4) is 0 Å². The van der Waals surface area contributed by atoms with Gasteiger partial charge in [-0.2, -0.15) is 0 Å². The summed E-state index contributed by atoms with van der Waals surface area (Å²) in [7, 11) is 0. The maximum atomic E-state index is 6.54. The van der Waals surface area contributed by atoms with E-state index in [0.717, 1.165) is 55.6 Å². The van der Waals surface area contributed by atoms with Crippen molar-refractivity contribution in [1.82, 2.24) is 5.32 Å². The summed E-state index contributed by atoms with van der Waals surface area (Å²) in [6.07, 6.45) is -0.379. The predicted molar refractivity (Wildman–Crippen MR) is 204 cm³/mol. The summed E-state index contributed by atoms with van der Waals surface area (Å²) in [4.78, 5) is 10.3. The monoisotopic (exact) mass is 627 g/mol. The zero-order valence-electron chi connectivity index (χ0n) is 26.5. The summed E-state index contributed by atoms with van der Waals surface area (Å²) in [5, 5.41) is 13.1. The highest BCUT2D eigenvalue weighted by Gasteiger charge is 2.25. The lowest BCUT2D eigenvalue weighted by molar-refractivity contribution is 0.662. The number of aliphatic imine (C=N–C) groups is 2. The van der Waals surface area contributed by atoms with Gasteiger partial charge >= 0.3 is 0 Å². The summed E-state index contributed by atoms with van der Waals surface area (Å²) in [6, 6.07) is 57.5. The Morgan fingerprint density at radius 2 is 1.14 bits per heavy atom. The van der Waals surface area contributed by atoms with Crippen LogP contribution in [0.25, 0.3) is 65.4 Å². The van der Waals surface area contributed by atoms with Crippen LogP contribution in [0.4, 0.5) is 0 Å². The van der Waals surface area contributed by atoms with Crippen LogP contribution in [0.15, 0.2) is 178 Å². The zero-order chi connectivity index (χ0) is 32.3. The molecule has 1 atom stereocenters. The molecule has 0 amide bonds. The number of hydrogen-bond acceptors (Lipinski definition) is 4. The third kappa shape index (κ3) is 4.68. The molecule has 1 aromatic heterocycles. The van der Waals surface area contributed by atoms with Crippen LogP contribution in [-0.4, -0.2) is 11.7 Å². The molecule has 0 fully saturated rings. The van der Waals surface area contributed by atoms with Crippen LogP contribution in [0, 0.1) is 0 Å². The molecule has 1 unspecified atom stereocenters. The summed E-state index contributed by atoms with van der Waals surface area (Å²) >= 11 is 0. The number of hydrogen-bond donors (Lipinski definition) is 1. The molecule has 1 aliphatic rings. The first-order valence-electron chi connectivity index (χ1n) is 16.6. The molecule has 0 bridgehead atoms. The van der Waals surface area contributed by atoms with Gasteiger partial charge in [0.1, 0.15) is 23.2 Å². The van der Waals surface area contributed by atoms with Crippen molar-refractivity contribution in [2.75, 3.05) is 0 Å². The fraction of sp³-hybridized carbons (Fsp3) is 0.0222. The Bertz CT molecular complexity index is 2810. The molecule has 8 aromatic carbocycles. The highest BCUT2D eigenvalue weighted by Crippen LogP contribution is 2.38. The first kappa shape index (κ1) is 27.6. The van der Waals surface area contributed by atoms with Gasteiger partial charge in [0.15, 0.2) is 5.84 Å². The first-order valence-corrected chi connectivity index (χ1v) is 16.6. The van der Waals surface area contributed by atoms with Gasteiger partial charge in [0.2, 0.25) is 0 Å². The van der Waals surface area contributed by atoms with E-state index in [4.69, 9.17) is 14.4 Å². The molecule has 0 saturated heterocycles. The van der Waals surface area contributed by atoms with E-state index in [1.807, 2.05) is 24.3 Å². The highest BCUT2D eigenvalue weighted by atomic mass is 16.3. The van der Waals surface area contributed by atoms with Crippen molar-refractivity contribution in [3.05, 3.63) is 180 Å². The minimum atomic E-state index is -0.379. The smallest absolute Gasteiger partial charge is 0.159 e. The van der Waals surface area contributed by atoms with Crippen molar-refractivity contribution < 1.29 is 4.42 Å². The maximum Gasteiger partial charge on any atom is 0.159 e. The molecule has 0 aliphatic carbocycles. The second kappa shape index (κ2) is 11.0. The lowest BCUT2D eigenvalue weighted by Crippen LogP contribution is -2.33. The first-order chi connectivity index (χ1) is 24.2. The van der Waals surface area contributed by atoms with Gasteiger partial charge in [0, 0.05) is 27.5 Å². The van der Waals surface area contributed by atoms with E-state index < -0.39 is 0 Å². The van der Waals surface area contributed by atoms with Gasteiger partial charge in [-0.15, -0.1) is 0 Å². The Labute approximate surface area is 282 Å². The van der Waals surface area contributed by atoms with Crippen LogP contribution in [0.2, 0.25) is 0 Å². The average Bonchev–Trinajstić information content (AvgIpc) is 3.56. The molecule has 49 heavy (non-hydrogen) atoms. The number of nitrogens with one attached hydrogen (secondary N) is 1. The Morgan fingerprint density at radius 1 is 0.449 bits per heavy atom. The molecule has 1 N–H and O–H groups in total.